The molecule has 2 aromatic rings. The second-order valence-corrected chi connectivity index (χ2v) is 6.30. The first-order chi connectivity index (χ1) is 13.1. The molecule has 0 radical (unpaired) electrons. The summed E-state index contributed by atoms with van der Waals surface area (Å²) in [5, 5.41) is 11.0. The molecule has 1 aromatic heterocycles. The Balaban J connectivity index is 2.18. The number of pyridine rings is 1. The van der Waals surface area contributed by atoms with Crippen LogP contribution in [0.2, 0.25) is 0 Å². The van der Waals surface area contributed by atoms with E-state index in [4.69, 9.17) is 4.74 Å². The molecule has 1 aromatic carbocycles. The molecule has 140 valence electrons. The lowest BCUT2D eigenvalue weighted by Crippen LogP contribution is -2.31. The maximum Gasteiger partial charge on any atom is 0.295 e. The summed E-state index contributed by atoms with van der Waals surface area (Å²) >= 11 is 0. The number of nitrogens with zero attached hydrogens (tertiary/aromatic N) is 2. The fourth-order valence-electron chi connectivity index (χ4n) is 3.27. The summed E-state index contributed by atoms with van der Waals surface area (Å²) in [6, 6.07) is 11.5. The number of likely N-dealkylation sites (tertiary alicyclic amines) is 1. The van der Waals surface area contributed by atoms with Gasteiger partial charge in [0.2, 0.25) is 0 Å². The van der Waals surface area contributed by atoms with Crippen molar-refractivity contribution in [1.29, 1.82) is 0 Å². The fourth-order valence-corrected chi connectivity index (χ4v) is 3.27. The Morgan fingerprint density at radius 2 is 1.93 bits per heavy atom. The Kier molecular flexibility index (Phi) is 5.54. The van der Waals surface area contributed by atoms with Gasteiger partial charge >= 0.3 is 0 Å². The molecule has 3 rings (SSSR count). The van der Waals surface area contributed by atoms with E-state index in [-0.39, 0.29) is 11.3 Å². The van der Waals surface area contributed by atoms with Crippen LogP contribution in [0.15, 0.2) is 54.2 Å². The van der Waals surface area contributed by atoms with Crippen molar-refractivity contribution in [3.8, 4) is 5.75 Å². The summed E-state index contributed by atoms with van der Waals surface area (Å²) in [4.78, 5) is 31.3. The molecule has 6 heteroatoms. The lowest BCUT2D eigenvalue weighted by atomic mass is 9.98. The van der Waals surface area contributed by atoms with E-state index in [2.05, 4.69) is 4.98 Å². The summed E-state index contributed by atoms with van der Waals surface area (Å²) in [5.41, 5.74) is 0.956. The zero-order valence-electron chi connectivity index (χ0n) is 15.4. The molecule has 1 aliphatic heterocycles. The average molecular weight is 366 g/mol. The number of aromatic nitrogens is 1. The van der Waals surface area contributed by atoms with Gasteiger partial charge in [-0.1, -0.05) is 31.5 Å². The van der Waals surface area contributed by atoms with E-state index < -0.39 is 17.7 Å². The summed E-state index contributed by atoms with van der Waals surface area (Å²) in [5.74, 6) is -1.14. The Hall–Kier alpha value is -3.15. The molecule has 1 fully saturated rings. The highest BCUT2D eigenvalue weighted by Gasteiger charge is 2.46. The Morgan fingerprint density at radius 3 is 2.59 bits per heavy atom. The van der Waals surface area contributed by atoms with Crippen LogP contribution in [0.5, 0.6) is 5.75 Å². The van der Waals surface area contributed by atoms with Crippen LogP contribution in [-0.2, 0) is 9.59 Å². The van der Waals surface area contributed by atoms with Gasteiger partial charge in [0.25, 0.3) is 11.7 Å². The molecule has 0 bridgehead atoms. The monoisotopic (exact) mass is 366 g/mol. The van der Waals surface area contributed by atoms with Crippen LogP contribution in [0, 0.1) is 0 Å². The highest BCUT2D eigenvalue weighted by Crippen LogP contribution is 2.40. The van der Waals surface area contributed by atoms with Gasteiger partial charge in [-0.2, -0.15) is 0 Å². The first kappa shape index (κ1) is 18.6. The van der Waals surface area contributed by atoms with Crippen molar-refractivity contribution in [2.45, 2.75) is 25.8 Å². The minimum atomic E-state index is -0.720. The quantitative estimate of drug-likeness (QED) is 0.482. The van der Waals surface area contributed by atoms with Gasteiger partial charge < -0.3 is 14.7 Å². The van der Waals surface area contributed by atoms with Crippen molar-refractivity contribution in [2.75, 3.05) is 13.7 Å². The van der Waals surface area contributed by atoms with Gasteiger partial charge in [0.1, 0.15) is 17.6 Å². The van der Waals surface area contributed by atoms with Crippen LogP contribution in [0.25, 0.3) is 5.76 Å². The smallest absolute Gasteiger partial charge is 0.295 e. The molecule has 0 spiro atoms. The second-order valence-electron chi connectivity index (χ2n) is 6.30. The highest BCUT2D eigenvalue weighted by molar-refractivity contribution is 6.46. The van der Waals surface area contributed by atoms with Crippen LogP contribution in [0.1, 0.15) is 37.1 Å². The number of amides is 1. The van der Waals surface area contributed by atoms with Crippen molar-refractivity contribution in [1.82, 2.24) is 9.88 Å². The first-order valence-electron chi connectivity index (χ1n) is 8.92. The van der Waals surface area contributed by atoms with E-state index in [9.17, 15) is 14.7 Å². The number of hydrogen-bond acceptors (Lipinski definition) is 5. The number of methoxy groups -OCH3 is 1. The predicted octanol–water partition coefficient (Wildman–Crippen LogP) is 3.31. The third-order valence-corrected chi connectivity index (χ3v) is 4.62. The summed E-state index contributed by atoms with van der Waals surface area (Å²) in [6.07, 6.45) is 3.24. The molecular formula is C21H22N2O4. The lowest BCUT2D eigenvalue weighted by Gasteiger charge is -2.24. The molecule has 0 saturated carbocycles. The van der Waals surface area contributed by atoms with Crippen LogP contribution < -0.4 is 4.74 Å². The number of unbranched alkanes of at least 4 members (excludes halogenated alkanes) is 1. The number of hydrogen-bond donors (Lipinski definition) is 1. The van der Waals surface area contributed by atoms with Crippen LogP contribution >= 0.6 is 0 Å². The number of ether oxygens (including phenoxy) is 1. The molecule has 27 heavy (non-hydrogen) atoms. The van der Waals surface area contributed by atoms with Gasteiger partial charge in [0.15, 0.2) is 0 Å². The maximum absolute atomic E-state index is 12.8. The van der Waals surface area contributed by atoms with E-state index in [1.807, 2.05) is 6.92 Å². The van der Waals surface area contributed by atoms with E-state index in [1.54, 1.807) is 48.7 Å². The third-order valence-electron chi connectivity index (χ3n) is 4.62. The number of benzene rings is 1. The Labute approximate surface area is 158 Å². The fraction of sp³-hybridized carbons (Fsp3) is 0.286. The van der Waals surface area contributed by atoms with Gasteiger partial charge in [-0.05, 0) is 30.7 Å². The van der Waals surface area contributed by atoms with Crippen molar-refractivity contribution >= 4 is 17.4 Å². The minimum absolute atomic E-state index is 0.0410. The van der Waals surface area contributed by atoms with Crippen LogP contribution in [0.4, 0.5) is 0 Å². The molecule has 1 atom stereocenters. The molecule has 6 nitrogen and oxygen atoms in total. The maximum atomic E-state index is 12.8. The largest absolute Gasteiger partial charge is 0.507 e. The van der Waals surface area contributed by atoms with Crippen molar-refractivity contribution in [2.24, 2.45) is 0 Å². The molecule has 1 unspecified atom stereocenters. The number of aliphatic hydroxyl groups excluding tert-OH is 1. The summed E-state index contributed by atoms with van der Waals surface area (Å²) in [6.45, 7) is 2.44. The average Bonchev–Trinajstić information content (AvgIpc) is 2.97. The van der Waals surface area contributed by atoms with Gasteiger partial charge in [-0.15, -0.1) is 0 Å². The zero-order valence-corrected chi connectivity index (χ0v) is 15.4. The number of carbonyl (C=O) groups excluding carboxylic acids is 2. The number of carbonyl (C=O) groups is 2. The number of Topliss-reactive ketones (excluding diaryl/α,β-unsaturated/α-hetero) is 1. The highest BCUT2D eigenvalue weighted by atomic mass is 16.5. The number of aliphatic hydroxyl groups is 1. The normalized spacial score (nSPS) is 18.7. The zero-order chi connectivity index (χ0) is 19.4. The van der Waals surface area contributed by atoms with Crippen molar-refractivity contribution in [3.05, 3.63) is 65.5 Å². The van der Waals surface area contributed by atoms with E-state index in [0.29, 0.717) is 23.6 Å². The minimum Gasteiger partial charge on any atom is -0.507 e. The molecule has 1 amide bonds. The Bertz CT molecular complexity index is 877. The second kappa shape index (κ2) is 8.03. The number of rotatable bonds is 6. The van der Waals surface area contributed by atoms with Gasteiger partial charge in [0.05, 0.1) is 23.9 Å². The molecule has 1 N–H and O–H groups in total. The molecule has 1 aliphatic rings. The molecule has 2 heterocycles. The first-order valence-corrected chi connectivity index (χ1v) is 8.92. The van der Waals surface area contributed by atoms with E-state index in [1.165, 1.54) is 12.0 Å². The SMILES string of the molecule is CCCCN1C(=O)C(=O)/C(=C(\O)c2ccccc2OC)C1c1ccccn1. The lowest BCUT2D eigenvalue weighted by molar-refractivity contribution is -0.140. The van der Waals surface area contributed by atoms with Gasteiger partial charge in [-0.25, -0.2) is 0 Å². The summed E-state index contributed by atoms with van der Waals surface area (Å²) < 4.78 is 5.30. The third kappa shape index (κ3) is 3.43. The summed E-state index contributed by atoms with van der Waals surface area (Å²) in [7, 11) is 1.49. The predicted molar refractivity (Wildman–Crippen MR) is 101 cm³/mol. The molecule has 0 aliphatic carbocycles. The standard InChI is InChI=1S/C21H22N2O4/c1-3-4-13-23-18(15-10-7-8-12-22-15)17(20(25)21(23)26)19(24)14-9-5-6-11-16(14)27-2/h5-12,18,24H,3-4,13H2,1-2H3/b19-17-. The van der Waals surface area contributed by atoms with Gasteiger partial charge in [-0.3, -0.25) is 14.6 Å². The van der Waals surface area contributed by atoms with E-state index in [0.717, 1.165) is 12.8 Å². The van der Waals surface area contributed by atoms with Gasteiger partial charge in [0, 0.05) is 12.7 Å². The van der Waals surface area contributed by atoms with Crippen LogP contribution in [0.3, 0.4) is 0 Å². The molecule has 1 saturated heterocycles. The number of para-hydroxylation sites is 1. The van der Waals surface area contributed by atoms with Crippen molar-refractivity contribution < 1.29 is 19.4 Å². The van der Waals surface area contributed by atoms with Crippen molar-refractivity contribution in [3.63, 3.8) is 0 Å². The topological polar surface area (TPSA) is 79.7 Å². The van der Waals surface area contributed by atoms with Crippen LogP contribution in [-0.4, -0.2) is 40.3 Å². The van der Waals surface area contributed by atoms with E-state index >= 15 is 0 Å². The molecular weight excluding hydrogens is 344 g/mol. The Morgan fingerprint density at radius 1 is 1.19 bits per heavy atom. The number of ketones is 1.